The molecule has 0 radical (unpaired) electrons. The number of benzene rings is 2. The molecule has 0 bridgehead atoms. The second-order valence-electron chi connectivity index (χ2n) is 8.01. The van der Waals surface area contributed by atoms with Crippen molar-refractivity contribution in [2.24, 2.45) is 0 Å². The summed E-state index contributed by atoms with van der Waals surface area (Å²) in [5.41, 5.74) is 5.87. The van der Waals surface area contributed by atoms with Gasteiger partial charge in [0.05, 0.1) is 19.4 Å². The van der Waals surface area contributed by atoms with Gasteiger partial charge in [-0.15, -0.1) is 10.2 Å². The van der Waals surface area contributed by atoms with E-state index in [0.29, 0.717) is 20.6 Å². The number of nitrogens with zero attached hydrogens (tertiary/aromatic N) is 4. The second kappa shape index (κ2) is 12.3. The maximum absolute atomic E-state index is 13.2. The molecule has 0 aliphatic rings. The predicted octanol–water partition coefficient (Wildman–Crippen LogP) is 2.25. The zero-order valence-electron chi connectivity index (χ0n) is 20.3. The van der Waals surface area contributed by atoms with Crippen LogP contribution < -0.4 is 22.3 Å². The third kappa shape index (κ3) is 6.36. The molecular weight excluding hydrogens is 528 g/mol. The number of hydrogen-bond donors (Lipinski definition) is 2. The molecule has 196 valence electrons. The lowest BCUT2D eigenvalue weighted by atomic mass is 10.2. The quantitative estimate of drug-likeness (QED) is 0.161. The van der Waals surface area contributed by atoms with Gasteiger partial charge in [0.2, 0.25) is 5.13 Å². The van der Waals surface area contributed by atoms with Gasteiger partial charge in [0, 0.05) is 6.54 Å². The van der Waals surface area contributed by atoms with Gasteiger partial charge in [-0.3, -0.25) is 19.0 Å². The number of nitrogen functional groups attached to an aromatic ring is 1. The lowest BCUT2D eigenvalue weighted by Gasteiger charge is -2.16. The number of ether oxygens (including phenoxy) is 1. The van der Waals surface area contributed by atoms with E-state index < -0.39 is 29.5 Å². The summed E-state index contributed by atoms with van der Waals surface area (Å²) in [5.74, 6) is -1.85. The van der Waals surface area contributed by atoms with Gasteiger partial charge < -0.3 is 15.8 Å². The molecule has 4 rings (SSSR count). The summed E-state index contributed by atoms with van der Waals surface area (Å²) in [6, 6.07) is 18.7. The van der Waals surface area contributed by atoms with Gasteiger partial charge in [0.1, 0.15) is 17.9 Å². The SMILES string of the molecule is COC(=O)Cn1c(=O)c(C(=O)CSc2nnc(NCc3ccccc3)s2)c(N)n(Cc2ccccc2)c1=O. The molecule has 13 heteroatoms. The first-order valence-electron chi connectivity index (χ1n) is 11.4. The van der Waals surface area contributed by atoms with Gasteiger partial charge in [0.25, 0.3) is 5.56 Å². The first kappa shape index (κ1) is 26.8. The van der Waals surface area contributed by atoms with Crippen LogP contribution in [0.3, 0.4) is 0 Å². The van der Waals surface area contributed by atoms with E-state index in [4.69, 9.17) is 5.73 Å². The summed E-state index contributed by atoms with van der Waals surface area (Å²) in [5, 5.41) is 11.9. The largest absolute Gasteiger partial charge is 0.468 e. The number of hydrogen-bond acceptors (Lipinski definition) is 11. The van der Waals surface area contributed by atoms with Crippen molar-refractivity contribution in [3.05, 3.63) is 98.2 Å². The number of rotatable bonds is 11. The molecule has 2 aromatic carbocycles. The zero-order valence-corrected chi connectivity index (χ0v) is 22.0. The summed E-state index contributed by atoms with van der Waals surface area (Å²) in [6.45, 7) is -0.0744. The van der Waals surface area contributed by atoms with Gasteiger partial charge in [-0.25, -0.2) is 9.36 Å². The highest BCUT2D eigenvalue weighted by Crippen LogP contribution is 2.26. The maximum atomic E-state index is 13.2. The van der Waals surface area contributed by atoms with E-state index in [1.165, 1.54) is 11.3 Å². The Morgan fingerprint density at radius 2 is 1.66 bits per heavy atom. The van der Waals surface area contributed by atoms with E-state index in [2.05, 4.69) is 20.3 Å². The number of esters is 1. The van der Waals surface area contributed by atoms with Gasteiger partial charge >= 0.3 is 11.7 Å². The highest BCUT2D eigenvalue weighted by atomic mass is 32.2. The van der Waals surface area contributed by atoms with E-state index in [9.17, 15) is 19.2 Å². The standard InChI is InChI=1S/C25H24N6O5S2/c1-36-19(33)14-31-22(34)20(21(26)30(25(31)35)13-17-10-6-3-7-11-17)18(32)15-37-24-29-28-23(38-24)27-12-16-8-4-2-5-9-16/h2-11H,12-15,26H2,1H3,(H,27,28). The van der Waals surface area contributed by atoms with E-state index in [-0.39, 0.29) is 23.7 Å². The summed E-state index contributed by atoms with van der Waals surface area (Å²) in [7, 11) is 1.14. The van der Waals surface area contributed by atoms with Crippen LogP contribution in [-0.4, -0.2) is 43.9 Å². The van der Waals surface area contributed by atoms with Gasteiger partial charge in [-0.05, 0) is 11.1 Å². The summed E-state index contributed by atoms with van der Waals surface area (Å²) in [6.07, 6.45) is 0. The maximum Gasteiger partial charge on any atom is 0.333 e. The number of anilines is 2. The molecule has 0 atom stereocenters. The first-order valence-corrected chi connectivity index (χ1v) is 13.2. The van der Waals surface area contributed by atoms with Gasteiger partial charge in [-0.1, -0.05) is 83.8 Å². The first-order chi connectivity index (χ1) is 18.4. The summed E-state index contributed by atoms with van der Waals surface area (Å²) in [4.78, 5) is 51.3. The molecule has 0 fully saturated rings. The van der Waals surface area contributed by atoms with Crippen LogP contribution in [0.2, 0.25) is 0 Å². The number of carbonyl (C=O) groups excluding carboxylic acids is 2. The van der Waals surface area contributed by atoms with Crippen LogP contribution in [0, 0.1) is 0 Å². The minimum atomic E-state index is -0.949. The highest BCUT2D eigenvalue weighted by molar-refractivity contribution is 8.01. The van der Waals surface area contributed by atoms with Crippen molar-refractivity contribution in [3.8, 4) is 0 Å². The number of thioether (sulfide) groups is 1. The molecule has 0 unspecified atom stereocenters. The van der Waals surface area contributed by atoms with Crippen LogP contribution in [0.15, 0.2) is 74.6 Å². The predicted molar refractivity (Wildman–Crippen MR) is 146 cm³/mol. The summed E-state index contributed by atoms with van der Waals surface area (Å²) >= 11 is 2.36. The van der Waals surface area contributed by atoms with Crippen molar-refractivity contribution >= 4 is 45.8 Å². The molecule has 38 heavy (non-hydrogen) atoms. The topological polar surface area (TPSA) is 151 Å². The number of nitrogens with one attached hydrogen (secondary N) is 1. The average molecular weight is 553 g/mol. The van der Waals surface area contributed by atoms with Crippen molar-refractivity contribution in [2.75, 3.05) is 23.9 Å². The monoisotopic (exact) mass is 552 g/mol. The minimum absolute atomic E-state index is 0.00717. The normalized spacial score (nSPS) is 10.8. The zero-order chi connectivity index (χ0) is 27.1. The Morgan fingerprint density at radius 3 is 2.32 bits per heavy atom. The third-order valence-corrected chi connectivity index (χ3v) is 7.48. The molecule has 0 aliphatic heterocycles. The number of nitrogens with two attached hydrogens (primary N) is 1. The van der Waals surface area contributed by atoms with Crippen molar-refractivity contribution in [1.82, 2.24) is 19.3 Å². The lowest BCUT2D eigenvalue weighted by molar-refractivity contribution is -0.141. The molecule has 0 aliphatic carbocycles. The average Bonchev–Trinajstić information content (AvgIpc) is 3.40. The molecule has 0 saturated carbocycles. The Kier molecular flexibility index (Phi) is 8.71. The Labute approximate surface area is 225 Å². The van der Waals surface area contributed by atoms with Crippen LogP contribution in [0.4, 0.5) is 10.9 Å². The van der Waals surface area contributed by atoms with Crippen molar-refractivity contribution < 1.29 is 14.3 Å². The third-order valence-electron chi connectivity index (χ3n) is 5.46. The van der Waals surface area contributed by atoms with Crippen LogP contribution >= 0.6 is 23.1 Å². The van der Waals surface area contributed by atoms with Crippen LogP contribution in [0.1, 0.15) is 21.5 Å². The van der Waals surface area contributed by atoms with E-state index in [1.54, 1.807) is 24.3 Å². The molecule has 11 nitrogen and oxygen atoms in total. The molecular formula is C25H24N6O5S2. The molecule has 0 amide bonds. The number of Topliss-reactive ketones (excluding diaryl/α,β-unsaturated/α-hetero) is 1. The highest BCUT2D eigenvalue weighted by Gasteiger charge is 2.24. The van der Waals surface area contributed by atoms with Crippen molar-refractivity contribution in [3.63, 3.8) is 0 Å². The molecule has 3 N–H and O–H groups in total. The Hall–Kier alpha value is -4.23. The molecule has 4 aromatic rings. The van der Waals surface area contributed by atoms with Crippen LogP contribution in [-0.2, 0) is 29.2 Å². The number of ketones is 1. The van der Waals surface area contributed by atoms with E-state index in [1.807, 2.05) is 36.4 Å². The molecule has 2 heterocycles. The van der Waals surface area contributed by atoms with Crippen molar-refractivity contribution in [2.45, 2.75) is 24.0 Å². The molecule has 0 spiro atoms. The summed E-state index contributed by atoms with van der Waals surface area (Å²) < 4.78 is 6.91. The smallest absolute Gasteiger partial charge is 0.333 e. The van der Waals surface area contributed by atoms with E-state index >= 15 is 0 Å². The van der Waals surface area contributed by atoms with Crippen LogP contribution in [0.25, 0.3) is 0 Å². The fraction of sp³-hybridized carbons (Fsp3) is 0.200. The Bertz CT molecular complexity index is 1550. The van der Waals surface area contributed by atoms with Gasteiger partial charge in [-0.2, -0.15) is 0 Å². The number of methoxy groups -OCH3 is 1. The molecule has 0 saturated heterocycles. The fourth-order valence-electron chi connectivity index (χ4n) is 3.54. The van der Waals surface area contributed by atoms with Crippen molar-refractivity contribution in [1.29, 1.82) is 0 Å². The van der Waals surface area contributed by atoms with Crippen LogP contribution in [0.5, 0.6) is 0 Å². The fourth-order valence-corrected chi connectivity index (χ4v) is 5.16. The van der Waals surface area contributed by atoms with E-state index in [0.717, 1.165) is 34.6 Å². The number of carbonyl (C=O) groups is 2. The molecule has 2 aromatic heterocycles. The number of aromatic nitrogens is 4. The second-order valence-corrected chi connectivity index (χ2v) is 10.2. The Morgan fingerprint density at radius 1 is 1.00 bits per heavy atom. The van der Waals surface area contributed by atoms with Gasteiger partial charge in [0.15, 0.2) is 10.1 Å². The Balaban J connectivity index is 1.56. The minimum Gasteiger partial charge on any atom is -0.468 e. The lowest BCUT2D eigenvalue weighted by Crippen LogP contribution is -2.45.